The zero-order valence-electron chi connectivity index (χ0n) is 16.1. The van der Waals surface area contributed by atoms with Gasteiger partial charge in [0.05, 0.1) is 5.56 Å². The van der Waals surface area contributed by atoms with Gasteiger partial charge in [0.1, 0.15) is 4.90 Å². The van der Waals surface area contributed by atoms with E-state index in [-0.39, 0.29) is 29.3 Å². The summed E-state index contributed by atoms with van der Waals surface area (Å²) in [6.45, 7) is 4.36. The summed E-state index contributed by atoms with van der Waals surface area (Å²) in [5.41, 5.74) is 3.59. The van der Waals surface area contributed by atoms with Crippen LogP contribution in [-0.4, -0.2) is 31.1 Å². The van der Waals surface area contributed by atoms with Crippen molar-refractivity contribution in [1.82, 2.24) is 9.62 Å². The molecule has 0 atom stereocenters. The standard InChI is InChI=1S/C21H24N2O4S/c1-3-15-9-10-16(4-2)17(13-15)14-22-20(24)11-12-23-21(25)18-7-5-6-8-19(18)28(23,26)27/h5-10,13H,3-4,11-12,14H2,1-2H3,(H,22,24). The molecule has 3 rings (SSSR count). The molecule has 2 aromatic carbocycles. The molecule has 1 aliphatic rings. The summed E-state index contributed by atoms with van der Waals surface area (Å²) in [6.07, 6.45) is 1.71. The number of sulfonamides is 1. The van der Waals surface area contributed by atoms with Crippen LogP contribution in [0, 0.1) is 0 Å². The fourth-order valence-electron chi connectivity index (χ4n) is 3.35. The van der Waals surface area contributed by atoms with Crippen molar-refractivity contribution in [3.8, 4) is 0 Å². The van der Waals surface area contributed by atoms with E-state index in [0.717, 1.165) is 22.7 Å². The molecule has 0 saturated heterocycles. The minimum absolute atomic E-state index is 0.00405. The number of fused-ring (bicyclic) bond motifs is 1. The van der Waals surface area contributed by atoms with Crippen LogP contribution in [-0.2, 0) is 34.2 Å². The number of nitrogens with zero attached hydrogens (tertiary/aromatic N) is 1. The van der Waals surface area contributed by atoms with Gasteiger partial charge in [0.15, 0.2) is 0 Å². The molecule has 0 aliphatic carbocycles. The maximum Gasteiger partial charge on any atom is 0.269 e. The molecular formula is C21H24N2O4S. The molecule has 0 unspecified atom stereocenters. The summed E-state index contributed by atoms with van der Waals surface area (Å²) < 4.78 is 25.8. The topological polar surface area (TPSA) is 83.6 Å². The van der Waals surface area contributed by atoms with E-state index in [1.54, 1.807) is 12.1 Å². The normalized spacial score (nSPS) is 14.8. The van der Waals surface area contributed by atoms with Gasteiger partial charge < -0.3 is 5.32 Å². The van der Waals surface area contributed by atoms with Crippen molar-refractivity contribution in [1.29, 1.82) is 0 Å². The van der Waals surface area contributed by atoms with Crippen LogP contribution < -0.4 is 5.32 Å². The molecule has 1 N–H and O–H groups in total. The van der Waals surface area contributed by atoms with Crippen LogP contribution >= 0.6 is 0 Å². The van der Waals surface area contributed by atoms with Crippen LogP contribution in [0.2, 0.25) is 0 Å². The third-order valence-electron chi connectivity index (χ3n) is 4.99. The Morgan fingerprint density at radius 2 is 1.79 bits per heavy atom. The van der Waals surface area contributed by atoms with E-state index >= 15 is 0 Å². The Morgan fingerprint density at radius 3 is 2.46 bits per heavy atom. The maximum absolute atomic E-state index is 12.5. The second kappa shape index (κ2) is 8.14. The molecule has 1 aliphatic heterocycles. The molecule has 2 aromatic rings. The second-order valence-electron chi connectivity index (χ2n) is 6.72. The molecule has 0 radical (unpaired) electrons. The molecule has 0 fully saturated rings. The van der Waals surface area contributed by atoms with Gasteiger partial charge in [-0.15, -0.1) is 0 Å². The number of rotatable bonds is 7. The fraction of sp³-hybridized carbons (Fsp3) is 0.333. The van der Waals surface area contributed by atoms with Gasteiger partial charge >= 0.3 is 0 Å². The number of nitrogens with one attached hydrogen (secondary N) is 1. The number of benzene rings is 2. The van der Waals surface area contributed by atoms with Gasteiger partial charge in [-0.1, -0.05) is 44.2 Å². The average molecular weight is 401 g/mol. The summed E-state index contributed by atoms with van der Waals surface area (Å²) >= 11 is 0. The highest BCUT2D eigenvalue weighted by molar-refractivity contribution is 7.90. The number of carbonyl (C=O) groups is 2. The Labute approximate surface area is 165 Å². The third-order valence-corrected chi connectivity index (χ3v) is 6.83. The summed E-state index contributed by atoms with van der Waals surface area (Å²) in [4.78, 5) is 24.7. The van der Waals surface area contributed by atoms with E-state index in [1.165, 1.54) is 23.3 Å². The number of carbonyl (C=O) groups excluding carboxylic acids is 2. The SMILES string of the molecule is CCc1ccc(CC)c(CNC(=O)CCN2C(=O)c3ccccc3S2(=O)=O)c1. The molecule has 28 heavy (non-hydrogen) atoms. The highest BCUT2D eigenvalue weighted by Crippen LogP contribution is 2.29. The first-order chi connectivity index (χ1) is 13.4. The zero-order chi connectivity index (χ0) is 20.3. The average Bonchev–Trinajstić information content (AvgIpc) is 2.90. The lowest BCUT2D eigenvalue weighted by molar-refractivity contribution is -0.121. The van der Waals surface area contributed by atoms with Crippen LogP contribution in [0.15, 0.2) is 47.4 Å². The van der Waals surface area contributed by atoms with Crippen LogP contribution in [0.25, 0.3) is 0 Å². The van der Waals surface area contributed by atoms with E-state index in [4.69, 9.17) is 0 Å². The largest absolute Gasteiger partial charge is 0.352 e. The molecule has 6 nitrogen and oxygen atoms in total. The van der Waals surface area contributed by atoms with Crippen molar-refractivity contribution in [2.75, 3.05) is 6.54 Å². The highest BCUT2D eigenvalue weighted by atomic mass is 32.2. The molecule has 2 amide bonds. The number of hydrogen-bond donors (Lipinski definition) is 1. The van der Waals surface area contributed by atoms with Crippen LogP contribution in [0.1, 0.15) is 47.3 Å². The van der Waals surface area contributed by atoms with Gasteiger partial charge in [-0.2, -0.15) is 0 Å². The second-order valence-corrected chi connectivity index (χ2v) is 8.55. The summed E-state index contributed by atoms with van der Waals surface area (Å²) in [6, 6.07) is 12.4. The maximum atomic E-state index is 12.5. The summed E-state index contributed by atoms with van der Waals surface area (Å²) in [7, 11) is -3.87. The zero-order valence-corrected chi connectivity index (χ0v) is 16.9. The van der Waals surface area contributed by atoms with Crippen LogP contribution in [0.5, 0.6) is 0 Å². The van der Waals surface area contributed by atoms with Gasteiger partial charge in [0, 0.05) is 19.5 Å². The van der Waals surface area contributed by atoms with Crippen molar-refractivity contribution in [3.63, 3.8) is 0 Å². The van der Waals surface area contributed by atoms with Gasteiger partial charge in [-0.05, 0) is 41.7 Å². The number of aryl methyl sites for hydroxylation is 2. The Morgan fingerprint density at radius 1 is 1.04 bits per heavy atom. The predicted molar refractivity (Wildman–Crippen MR) is 106 cm³/mol. The van der Waals surface area contributed by atoms with E-state index in [9.17, 15) is 18.0 Å². The Kier molecular flexibility index (Phi) is 5.84. The van der Waals surface area contributed by atoms with Gasteiger partial charge in [-0.3, -0.25) is 9.59 Å². The van der Waals surface area contributed by atoms with Crippen LogP contribution in [0.4, 0.5) is 0 Å². The molecule has 0 spiro atoms. The van der Waals surface area contributed by atoms with Crippen molar-refractivity contribution < 1.29 is 18.0 Å². The van der Waals surface area contributed by atoms with Crippen molar-refractivity contribution in [3.05, 3.63) is 64.7 Å². The fourth-order valence-corrected chi connectivity index (χ4v) is 4.92. The lowest BCUT2D eigenvalue weighted by Gasteiger charge is -2.15. The first-order valence-corrected chi connectivity index (χ1v) is 10.9. The minimum Gasteiger partial charge on any atom is -0.352 e. The molecule has 7 heteroatoms. The Balaban J connectivity index is 1.62. The van der Waals surface area contributed by atoms with Gasteiger partial charge in [0.2, 0.25) is 5.91 Å². The summed E-state index contributed by atoms with van der Waals surface area (Å²) in [5, 5.41) is 2.84. The van der Waals surface area contributed by atoms with E-state index < -0.39 is 15.9 Å². The van der Waals surface area contributed by atoms with Gasteiger partial charge in [0.25, 0.3) is 15.9 Å². The van der Waals surface area contributed by atoms with E-state index in [2.05, 4.69) is 37.4 Å². The van der Waals surface area contributed by atoms with E-state index in [1.807, 2.05) is 0 Å². The molecule has 148 valence electrons. The van der Waals surface area contributed by atoms with Crippen molar-refractivity contribution >= 4 is 21.8 Å². The molecular weight excluding hydrogens is 376 g/mol. The Hall–Kier alpha value is -2.67. The molecule has 0 bridgehead atoms. The minimum atomic E-state index is -3.87. The lowest BCUT2D eigenvalue weighted by atomic mass is 10.0. The Bertz CT molecular complexity index is 1010. The van der Waals surface area contributed by atoms with Crippen molar-refractivity contribution in [2.45, 2.75) is 44.6 Å². The summed E-state index contributed by atoms with van der Waals surface area (Å²) in [5.74, 6) is -0.866. The molecule has 0 aromatic heterocycles. The highest BCUT2D eigenvalue weighted by Gasteiger charge is 2.40. The smallest absolute Gasteiger partial charge is 0.269 e. The number of hydrogen-bond acceptors (Lipinski definition) is 4. The van der Waals surface area contributed by atoms with Crippen LogP contribution in [0.3, 0.4) is 0 Å². The first-order valence-electron chi connectivity index (χ1n) is 9.42. The quantitative estimate of drug-likeness (QED) is 0.774. The number of amides is 2. The van der Waals surface area contributed by atoms with E-state index in [0.29, 0.717) is 6.54 Å². The lowest BCUT2D eigenvalue weighted by Crippen LogP contribution is -2.34. The van der Waals surface area contributed by atoms with Gasteiger partial charge in [-0.25, -0.2) is 12.7 Å². The van der Waals surface area contributed by atoms with Crippen molar-refractivity contribution in [2.24, 2.45) is 0 Å². The first kappa shape index (κ1) is 20.1. The molecule has 1 heterocycles. The predicted octanol–water partition coefficient (Wildman–Crippen LogP) is 2.66. The third kappa shape index (κ3) is 3.80. The molecule has 0 saturated carbocycles. The monoisotopic (exact) mass is 400 g/mol.